The van der Waals surface area contributed by atoms with Crippen LogP contribution in [-0.4, -0.2) is 23.0 Å². The van der Waals surface area contributed by atoms with E-state index in [-0.39, 0.29) is 10.7 Å². The van der Waals surface area contributed by atoms with Crippen LogP contribution in [0.25, 0.3) is 11.3 Å². The van der Waals surface area contributed by atoms with Crippen LogP contribution in [0, 0.1) is 12.7 Å². The Labute approximate surface area is 140 Å². The second-order valence-corrected chi connectivity index (χ2v) is 7.55. The highest BCUT2D eigenvalue weighted by atomic mass is 32.1. The number of thiazole rings is 1. The summed E-state index contributed by atoms with van der Waals surface area (Å²) in [5, 5.41) is 0. The molecule has 1 N–H and O–H groups in total. The monoisotopic (exact) mass is 334 g/mol. The van der Waals surface area contributed by atoms with Gasteiger partial charge in [0, 0.05) is 17.5 Å². The zero-order chi connectivity index (χ0) is 16.4. The third-order valence-electron chi connectivity index (χ3n) is 4.76. The Kier molecular flexibility index (Phi) is 4.97. The van der Waals surface area contributed by atoms with Crippen molar-refractivity contribution in [2.75, 3.05) is 7.05 Å². The molecule has 1 aliphatic carbocycles. The van der Waals surface area contributed by atoms with E-state index in [2.05, 4.69) is 16.9 Å². The van der Waals surface area contributed by atoms with Crippen molar-refractivity contribution in [1.29, 1.82) is 0 Å². The van der Waals surface area contributed by atoms with Crippen molar-refractivity contribution >= 4 is 11.3 Å². The molecule has 0 bridgehead atoms. The fourth-order valence-corrected chi connectivity index (χ4v) is 4.30. The number of halogens is 1. The average molecular weight is 334 g/mol. The number of aromatic amines is 1. The van der Waals surface area contributed by atoms with Gasteiger partial charge in [-0.2, -0.15) is 0 Å². The van der Waals surface area contributed by atoms with E-state index < -0.39 is 0 Å². The third-order valence-corrected chi connectivity index (χ3v) is 5.63. The van der Waals surface area contributed by atoms with Crippen molar-refractivity contribution in [3.05, 3.63) is 44.1 Å². The smallest absolute Gasteiger partial charge is 0.305 e. The highest BCUT2D eigenvalue weighted by Gasteiger charge is 2.20. The molecule has 0 amide bonds. The van der Waals surface area contributed by atoms with Crippen molar-refractivity contribution < 1.29 is 4.39 Å². The van der Waals surface area contributed by atoms with E-state index in [1.54, 1.807) is 19.1 Å². The number of aromatic nitrogens is 1. The second-order valence-electron chi connectivity index (χ2n) is 6.48. The standard InChI is InChI=1S/C18H23FN2OS/c1-12-10-13(8-9-15(12)19)17-16(23-18(22)20-17)11-21(2)14-6-4-3-5-7-14/h8-10,14H,3-7,11H2,1-2H3,(H,20,22). The fourth-order valence-electron chi connectivity index (χ4n) is 3.38. The predicted octanol–water partition coefficient (Wildman–Crippen LogP) is 4.32. The van der Waals surface area contributed by atoms with E-state index in [1.165, 1.54) is 49.5 Å². The van der Waals surface area contributed by atoms with Crippen LogP contribution in [-0.2, 0) is 6.54 Å². The topological polar surface area (TPSA) is 36.1 Å². The molecule has 1 heterocycles. The Bertz CT molecular complexity index is 731. The number of rotatable bonds is 4. The van der Waals surface area contributed by atoms with Crippen molar-refractivity contribution in [1.82, 2.24) is 9.88 Å². The minimum absolute atomic E-state index is 0.0472. The van der Waals surface area contributed by atoms with Crippen LogP contribution >= 0.6 is 11.3 Å². The van der Waals surface area contributed by atoms with Crippen LogP contribution in [0.1, 0.15) is 42.5 Å². The fraction of sp³-hybridized carbons (Fsp3) is 0.500. The molecule has 0 saturated heterocycles. The van der Waals surface area contributed by atoms with Gasteiger partial charge in [-0.05, 0) is 56.1 Å². The quantitative estimate of drug-likeness (QED) is 0.904. The van der Waals surface area contributed by atoms with Gasteiger partial charge in [0.25, 0.3) is 0 Å². The summed E-state index contributed by atoms with van der Waals surface area (Å²) in [6, 6.07) is 5.61. The zero-order valence-corrected chi connectivity index (χ0v) is 14.5. The number of hydrogen-bond acceptors (Lipinski definition) is 3. The lowest BCUT2D eigenvalue weighted by molar-refractivity contribution is 0.186. The number of nitrogens with zero attached hydrogens (tertiary/aromatic N) is 1. The minimum atomic E-state index is -0.216. The highest BCUT2D eigenvalue weighted by molar-refractivity contribution is 7.09. The Morgan fingerprint density at radius 3 is 2.74 bits per heavy atom. The van der Waals surface area contributed by atoms with Crippen molar-refractivity contribution in [2.24, 2.45) is 0 Å². The molecule has 5 heteroatoms. The number of hydrogen-bond donors (Lipinski definition) is 1. The predicted molar refractivity (Wildman–Crippen MR) is 93.4 cm³/mol. The molecule has 1 aromatic heterocycles. The van der Waals surface area contributed by atoms with Gasteiger partial charge in [-0.25, -0.2) is 4.39 Å². The molecule has 1 aliphatic rings. The van der Waals surface area contributed by atoms with E-state index in [4.69, 9.17) is 0 Å². The maximum absolute atomic E-state index is 13.5. The van der Waals surface area contributed by atoms with Gasteiger partial charge in [0.05, 0.1) is 5.69 Å². The lowest BCUT2D eigenvalue weighted by atomic mass is 9.94. The molecule has 1 saturated carbocycles. The molecule has 0 radical (unpaired) electrons. The molecule has 1 aromatic carbocycles. The molecule has 0 aliphatic heterocycles. The van der Waals surface area contributed by atoms with Crippen LogP contribution in [0.3, 0.4) is 0 Å². The van der Waals surface area contributed by atoms with Gasteiger partial charge in [0.2, 0.25) is 0 Å². The molecule has 1 fully saturated rings. The molecule has 0 unspecified atom stereocenters. The van der Waals surface area contributed by atoms with Gasteiger partial charge in [0.15, 0.2) is 0 Å². The Hall–Kier alpha value is -1.46. The minimum Gasteiger partial charge on any atom is -0.312 e. The molecule has 124 valence electrons. The Balaban J connectivity index is 1.85. The summed E-state index contributed by atoms with van der Waals surface area (Å²) in [4.78, 5) is 18.1. The van der Waals surface area contributed by atoms with Crippen LogP contribution in [0.4, 0.5) is 4.39 Å². The van der Waals surface area contributed by atoms with E-state index in [0.717, 1.165) is 22.7 Å². The van der Waals surface area contributed by atoms with Gasteiger partial charge in [-0.15, -0.1) is 0 Å². The first-order valence-corrected chi connectivity index (χ1v) is 9.05. The van der Waals surface area contributed by atoms with Gasteiger partial charge in [0.1, 0.15) is 5.82 Å². The molecular formula is C18H23FN2OS. The first-order valence-electron chi connectivity index (χ1n) is 8.23. The molecule has 23 heavy (non-hydrogen) atoms. The summed E-state index contributed by atoms with van der Waals surface area (Å²) in [5.74, 6) is -0.216. The van der Waals surface area contributed by atoms with Crippen LogP contribution in [0.5, 0.6) is 0 Å². The summed E-state index contributed by atoms with van der Waals surface area (Å²) in [6.45, 7) is 2.51. The lowest BCUT2D eigenvalue weighted by Gasteiger charge is -2.31. The summed E-state index contributed by atoms with van der Waals surface area (Å²) in [7, 11) is 2.14. The van der Waals surface area contributed by atoms with E-state index >= 15 is 0 Å². The SMILES string of the molecule is Cc1cc(-c2[nH]c(=O)sc2CN(C)C2CCCCC2)ccc1F. The summed E-state index contributed by atoms with van der Waals surface area (Å²) in [5.41, 5.74) is 2.32. The normalized spacial score (nSPS) is 16.2. The Morgan fingerprint density at radius 1 is 1.30 bits per heavy atom. The van der Waals surface area contributed by atoms with E-state index in [0.29, 0.717) is 11.6 Å². The van der Waals surface area contributed by atoms with Crippen molar-refractivity contribution in [3.8, 4) is 11.3 Å². The number of aryl methyl sites for hydroxylation is 1. The van der Waals surface area contributed by atoms with Crippen molar-refractivity contribution in [2.45, 2.75) is 51.6 Å². The number of H-pyrrole nitrogens is 1. The van der Waals surface area contributed by atoms with E-state index in [9.17, 15) is 9.18 Å². The molecule has 0 spiro atoms. The lowest BCUT2D eigenvalue weighted by Crippen LogP contribution is -2.32. The van der Waals surface area contributed by atoms with Gasteiger partial charge >= 0.3 is 4.87 Å². The molecule has 0 atom stereocenters. The molecule has 3 nitrogen and oxygen atoms in total. The largest absolute Gasteiger partial charge is 0.312 e. The maximum Gasteiger partial charge on any atom is 0.305 e. The Morgan fingerprint density at radius 2 is 2.04 bits per heavy atom. The summed E-state index contributed by atoms with van der Waals surface area (Å²) >= 11 is 1.27. The van der Waals surface area contributed by atoms with Crippen molar-refractivity contribution in [3.63, 3.8) is 0 Å². The zero-order valence-electron chi connectivity index (χ0n) is 13.7. The third kappa shape index (κ3) is 3.72. The number of nitrogens with one attached hydrogen (secondary N) is 1. The second kappa shape index (κ2) is 6.97. The van der Waals surface area contributed by atoms with Gasteiger partial charge in [-0.3, -0.25) is 9.69 Å². The number of benzene rings is 1. The maximum atomic E-state index is 13.5. The summed E-state index contributed by atoms with van der Waals surface area (Å²) < 4.78 is 13.5. The molecular weight excluding hydrogens is 311 g/mol. The first-order chi connectivity index (χ1) is 11.0. The molecule has 2 aromatic rings. The van der Waals surface area contributed by atoms with Gasteiger partial charge in [-0.1, -0.05) is 30.6 Å². The first kappa shape index (κ1) is 16.4. The highest BCUT2D eigenvalue weighted by Crippen LogP contribution is 2.28. The average Bonchev–Trinajstić information content (AvgIpc) is 2.91. The summed E-state index contributed by atoms with van der Waals surface area (Å²) in [6.07, 6.45) is 6.40. The van der Waals surface area contributed by atoms with E-state index in [1.807, 2.05) is 0 Å². The molecule has 3 rings (SSSR count). The van der Waals surface area contributed by atoms with Gasteiger partial charge < -0.3 is 4.98 Å². The van der Waals surface area contributed by atoms with Crippen LogP contribution in [0.15, 0.2) is 23.0 Å². The van der Waals surface area contributed by atoms with Crippen LogP contribution < -0.4 is 4.87 Å². The van der Waals surface area contributed by atoms with Crippen LogP contribution in [0.2, 0.25) is 0 Å².